The number of fused-ring (bicyclic) bond motifs is 1. The molecule has 1 aliphatic rings. The van der Waals surface area contributed by atoms with Gasteiger partial charge >= 0.3 is 0 Å². The first-order valence-corrected chi connectivity index (χ1v) is 9.72. The molecule has 1 saturated heterocycles. The molecule has 0 spiro atoms. The topological polar surface area (TPSA) is 69.7 Å². The summed E-state index contributed by atoms with van der Waals surface area (Å²) in [4.78, 5) is 11.6. The molecule has 2 aromatic carbocycles. The molecular weight excluding hydrogens is 346 g/mol. The van der Waals surface area contributed by atoms with Gasteiger partial charge in [0.05, 0.1) is 10.6 Å². The first-order valence-electron chi connectivity index (χ1n) is 7.65. The van der Waals surface area contributed by atoms with Crippen molar-refractivity contribution >= 4 is 39.3 Å². The standard InChI is InChI=1S/C16H19N3O3S2/c20-16(12-23)17-18-7-9-19(10-8-18)24(21,22)15-6-5-13-3-1-2-4-14(13)11-15/h1-6,11,23H,7-10,12H2,(H,17,20). The fraction of sp³-hybridized carbons (Fsp3) is 0.312. The predicted molar refractivity (Wildman–Crippen MR) is 96.3 cm³/mol. The van der Waals surface area contributed by atoms with Gasteiger partial charge in [0, 0.05) is 26.2 Å². The number of thiol groups is 1. The highest BCUT2D eigenvalue weighted by atomic mass is 32.2. The fourth-order valence-electron chi connectivity index (χ4n) is 2.73. The first kappa shape index (κ1) is 17.2. The minimum atomic E-state index is -3.53. The van der Waals surface area contributed by atoms with Gasteiger partial charge in [-0.05, 0) is 22.9 Å². The average Bonchev–Trinajstić information content (AvgIpc) is 2.61. The van der Waals surface area contributed by atoms with Crippen molar-refractivity contribution < 1.29 is 13.2 Å². The Kier molecular flexibility index (Phi) is 5.09. The number of piperazine rings is 1. The Morgan fingerprint density at radius 3 is 2.38 bits per heavy atom. The number of benzene rings is 2. The van der Waals surface area contributed by atoms with Crippen molar-refractivity contribution in [2.75, 3.05) is 31.9 Å². The van der Waals surface area contributed by atoms with E-state index in [0.29, 0.717) is 31.1 Å². The molecule has 1 amide bonds. The molecule has 1 heterocycles. The maximum atomic E-state index is 12.8. The second-order valence-corrected chi connectivity index (χ2v) is 7.85. The Morgan fingerprint density at radius 2 is 1.71 bits per heavy atom. The summed E-state index contributed by atoms with van der Waals surface area (Å²) in [6, 6.07) is 12.8. The van der Waals surface area contributed by atoms with Gasteiger partial charge in [0.25, 0.3) is 0 Å². The van der Waals surface area contributed by atoms with Crippen LogP contribution in [0.25, 0.3) is 10.8 Å². The molecule has 2 aromatic rings. The summed E-state index contributed by atoms with van der Waals surface area (Å²) in [7, 11) is -3.53. The van der Waals surface area contributed by atoms with Crippen molar-refractivity contribution in [3.05, 3.63) is 42.5 Å². The second-order valence-electron chi connectivity index (χ2n) is 5.59. The Morgan fingerprint density at radius 1 is 1.04 bits per heavy atom. The first-order chi connectivity index (χ1) is 11.5. The van der Waals surface area contributed by atoms with Crippen LogP contribution in [0.4, 0.5) is 0 Å². The highest BCUT2D eigenvalue weighted by Crippen LogP contribution is 2.22. The summed E-state index contributed by atoms with van der Waals surface area (Å²) in [5, 5.41) is 3.64. The summed E-state index contributed by atoms with van der Waals surface area (Å²) < 4.78 is 27.1. The van der Waals surface area contributed by atoms with E-state index in [9.17, 15) is 13.2 Å². The summed E-state index contributed by atoms with van der Waals surface area (Å²) in [6.07, 6.45) is 0. The van der Waals surface area contributed by atoms with Crippen LogP contribution in [0.5, 0.6) is 0 Å². The van der Waals surface area contributed by atoms with E-state index < -0.39 is 10.0 Å². The van der Waals surface area contributed by atoms with Crippen LogP contribution in [0.3, 0.4) is 0 Å². The summed E-state index contributed by atoms with van der Waals surface area (Å²) >= 11 is 3.91. The number of nitrogens with one attached hydrogen (secondary N) is 1. The van der Waals surface area contributed by atoms with Crippen molar-refractivity contribution in [1.82, 2.24) is 14.7 Å². The van der Waals surface area contributed by atoms with E-state index in [4.69, 9.17) is 0 Å². The Bertz CT molecular complexity index is 847. The molecule has 0 aliphatic carbocycles. The monoisotopic (exact) mass is 365 g/mol. The zero-order valence-electron chi connectivity index (χ0n) is 13.1. The fourth-order valence-corrected chi connectivity index (χ4v) is 4.26. The number of carbonyl (C=O) groups is 1. The normalized spacial score (nSPS) is 17.0. The molecule has 1 N–H and O–H groups in total. The lowest BCUT2D eigenvalue weighted by atomic mass is 10.1. The molecular formula is C16H19N3O3S2. The Hall–Kier alpha value is -1.61. The van der Waals surface area contributed by atoms with Crippen LogP contribution in [-0.4, -0.2) is 55.6 Å². The van der Waals surface area contributed by atoms with E-state index in [1.54, 1.807) is 17.1 Å². The van der Waals surface area contributed by atoms with Gasteiger partial charge in [0.1, 0.15) is 0 Å². The van der Waals surface area contributed by atoms with E-state index in [0.717, 1.165) is 10.8 Å². The lowest BCUT2D eigenvalue weighted by Gasteiger charge is -2.33. The van der Waals surface area contributed by atoms with E-state index >= 15 is 0 Å². The number of hydrogen-bond acceptors (Lipinski definition) is 5. The SMILES string of the molecule is O=C(CS)NN1CCN(S(=O)(=O)c2ccc3ccccc3c2)CC1. The van der Waals surface area contributed by atoms with Crippen LogP contribution >= 0.6 is 12.6 Å². The number of sulfonamides is 1. The number of carbonyl (C=O) groups excluding carboxylic acids is 1. The van der Waals surface area contributed by atoms with Crippen molar-refractivity contribution in [2.24, 2.45) is 0 Å². The van der Waals surface area contributed by atoms with Crippen molar-refractivity contribution in [2.45, 2.75) is 4.90 Å². The average molecular weight is 365 g/mol. The lowest BCUT2D eigenvalue weighted by Crippen LogP contribution is -2.54. The minimum absolute atomic E-state index is 0.107. The molecule has 0 unspecified atom stereocenters. The van der Waals surface area contributed by atoms with Gasteiger partial charge in [-0.15, -0.1) is 0 Å². The molecule has 3 rings (SSSR count). The van der Waals surface area contributed by atoms with Crippen LogP contribution in [0.15, 0.2) is 47.4 Å². The van der Waals surface area contributed by atoms with Crippen LogP contribution in [0.1, 0.15) is 0 Å². The summed E-state index contributed by atoms with van der Waals surface area (Å²) in [5.74, 6) is -0.0838. The third kappa shape index (κ3) is 3.56. The maximum Gasteiger partial charge on any atom is 0.243 e. The highest BCUT2D eigenvalue weighted by molar-refractivity contribution is 7.89. The van der Waals surface area contributed by atoms with Crippen LogP contribution in [-0.2, 0) is 14.8 Å². The highest BCUT2D eigenvalue weighted by Gasteiger charge is 2.29. The second kappa shape index (κ2) is 7.10. The molecule has 1 aliphatic heterocycles. The van der Waals surface area contributed by atoms with Crippen LogP contribution in [0.2, 0.25) is 0 Å². The summed E-state index contributed by atoms with van der Waals surface area (Å²) in [5.41, 5.74) is 2.70. The summed E-state index contributed by atoms with van der Waals surface area (Å²) in [6.45, 7) is 1.57. The molecule has 0 bridgehead atoms. The number of amides is 1. The van der Waals surface area contributed by atoms with Crippen LogP contribution < -0.4 is 5.43 Å². The minimum Gasteiger partial charge on any atom is -0.288 e. The molecule has 8 heteroatoms. The van der Waals surface area contributed by atoms with Crippen LogP contribution in [0, 0.1) is 0 Å². The number of hydrogen-bond donors (Lipinski definition) is 2. The molecule has 6 nitrogen and oxygen atoms in total. The number of hydrazine groups is 1. The molecule has 0 radical (unpaired) electrons. The largest absolute Gasteiger partial charge is 0.288 e. The number of nitrogens with zero attached hydrogens (tertiary/aromatic N) is 2. The Labute approximate surface area is 146 Å². The van der Waals surface area contributed by atoms with Crippen molar-refractivity contribution in [3.63, 3.8) is 0 Å². The van der Waals surface area contributed by atoms with E-state index in [1.165, 1.54) is 4.31 Å². The smallest absolute Gasteiger partial charge is 0.243 e. The third-order valence-corrected chi connectivity index (χ3v) is 6.21. The number of rotatable bonds is 4. The zero-order chi connectivity index (χ0) is 17.2. The van der Waals surface area contributed by atoms with E-state index in [-0.39, 0.29) is 11.7 Å². The van der Waals surface area contributed by atoms with Gasteiger partial charge in [0.15, 0.2) is 0 Å². The van der Waals surface area contributed by atoms with Gasteiger partial charge in [-0.1, -0.05) is 30.3 Å². The van der Waals surface area contributed by atoms with Gasteiger partial charge in [-0.3, -0.25) is 10.2 Å². The molecule has 0 atom stereocenters. The maximum absolute atomic E-state index is 12.8. The molecule has 1 fully saturated rings. The Balaban J connectivity index is 1.75. The third-order valence-electron chi connectivity index (χ3n) is 4.02. The molecule has 24 heavy (non-hydrogen) atoms. The van der Waals surface area contributed by atoms with E-state index in [2.05, 4.69) is 18.1 Å². The predicted octanol–water partition coefficient (Wildman–Crippen LogP) is 1.11. The molecule has 0 aromatic heterocycles. The van der Waals surface area contributed by atoms with Crippen molar-refractivity contribution in [3.8, 4) is 0 Å². The quantitative estimate of drug-likeness (QED) is 0.797. The van der Waals surface area contributed by atoms with Gasteiger partial charge in [-0.2, -0.15) is 16.9 Å². The van der Waals surface area contributed by atoms with Gasteiger partial charge in [0.2, 0.25) is 15.9 Å². The molecule has 128 valence electrons. The van der Waals surface area contributed by atoms with Crippen molar-refractivity contribution in [1.29, 1.82) is 0 Å². The van der Waals surface area contributed by atoms with E-state index in [1.807, 2.05) is 30.3 Å². The van der Waals surface area contributed by atoms with Gasteiger partial charge in [-0.25, -0.2) is 13.4 Å². The lowest BCUT2D eigenvalue weighted by molar-refractivity contribution is -0.123. The molecule has 0 saturated carbocycles. The zero-order valence-corrected chi connectivity index (χ0v) is 14.8. The van der Waals surface area contributed by atoms with Gasteiger partial charge < -0.3 is 0 Å².